The van der Waals surface area contributed by atoms with Crippen molar-refractivity contribution < 1.29 is 28.2 Å². The predicted octanol–water partition coefficient (Wildman–Crippen LogP) is 4.46. The second-order valence-corrected chi connectivity index (χ2v) is 6.07. The lowest BCUT2D eigenvalue weighted by atomic mass is 10.1. The molecular formula is C22H22F2N2O4. The summed E-state index contributed by atoms with van der Waals surface area (Å²) in [6.07, 6.45) is 1.55. The minimum atomic E-state index is -0.684. The predicted molar refractivity (Wildman–Crippen MR) is 109 cm³/mol. The number of benzene rings is 2. The van der Waals surface area contributed by atoms with Gasteiger partial charge in [-0.2, -0.15) is 0 Å². The first-order valence-electron chi connectivity index (χ1n) is 9.05. The fourth-order valence-corrected chi connectivity index (χ4v) is 2.41. The average molecular weight is 416 g/mol. The zero-order valence-electron chi connectivity index (χ0n) is 16.6. The number of pyridine rings is 1. The third kappa shape index (κ3) is 6.44. The molecule has 0 fully saturated rings. The van der Waals surface area contributed by atoms with Crippen LogP contribution in [0.1, 0.15) is 19.4 Å². The summed E-state index contributed by atoms with van der Waals surface area (Å²) in [5.41, 5.74) is 7.09. The average Bonchev–Trinajstić information content (AvgIpc) is 2.70. The number of phenols is 1. The summed E-state index contributed by atoms with van der Waals surface area (Å²) in [6.45, 7) is 3.35. The molecule has 0 aliphatic rings. The molecule has 1 aromatic heterocycles. The Morgan fingerprint density at radius 1 is 1.10 bits per heavy atom. The molecule has 3 N–H and O–H groups in total. The van der Waals surface area contributed by atoms with Crippen molar-refractivity contribution in [2.75, 3.05) is 12.3 Å². The number of ether oxygens (including phenoxy) is 2. The van der Waals surface area contributed by atoms with E-state index in [9.17, 15) is 18.7 Å². The molecule has 2 aromatic carbocycles. The second kappa shape index (κ2) is 10.8. The van der Waals surface area contributed by atoms with Crippen molar-refractivity contribution in [1.82, 2.24) is 4.98 Å². The Hall–Kier alpha value is -3.68. The number of nitrogen functional groups attached to an aromatic ring is 1. The fourth-order valence-electron chi connectivity index (χ4n) is 2.41. The number of carbonyl (C=O) groups excluding carboxylic acids is 1. The molecule has 0 saturated carbocycles. The van der Waals surface area contributed by atoms with E-state index in [1.807, 2.05) is 0 Å². The summed E-state index contributed by atoms with van der Waals surface area (Å²) in [5.74, 6) is -1.09. The summed E-state index contributed by atoms with van der Waals surface area (Å²) in [6, 6.07) is 11.8. The number of phenolic OH excluding ortho intramolecular Hbond substituents is 1. The number of nitrogens with two attached hydrogens (primary N) is 1. The Labute approximate surface area is 172 Å². The Kier molecular flexibility index (Phi) is 8.10. The largest absolute Gasteiger partial charge is 0.508 e. The van der Waals surface area contributed by atoms with Gasteiger partial charge in [-0.3, -0.25) is 4.79 Å². The molecule has 158 valence electrons. The quantitative estimate of drug-likeness (QED) is 0.596. The third-order valence-electron chi connectivity index (χ3n) is 3.86. The minimum Gasteiger partial charge on any atom is -0.508 e. The molecule has 0 bridgehead atoms. The number of halogens is 2. The van der Waals surface area contributed by atoms with Gasteiger partial charge in [0.2, 0.25) is 0 Å². The summed E-state index contributed by atoms with van der Waals surface area (Å²) >= 11 is 0. The Morgan fingerprint density at radius 2 is 1.73 bits per heavy atom. The first-order valence-corrected chi connectivity index (χ1v) is 9.05. The van der Waals surface area contributed by atoms with Crippen LogP contribution < -0.4 is 10.5 Å². The maximum absolute atomic E-state index is 13.6. The number of rotatable bonds is 5. The van der Waals surface area contributed by atoms with E-state index in [1.54, 1.807) is 43.5 Å². The smallest absolute Gasteiger partial charge is 0.302 e. The number of hydrogen-bond donors (Lipinski definition) is 2. The number of carbonyl (C=O) groups is 1. The zero-order chi connectivity index (χ0) is 22.1. The number of aromatic hydroxyl groups is 1. The van der Waals surface area contributed by atoms with Gasteiger partial charge in [0.25, 0.3) is 0 Å². The molecule has 6 nitrogen and oxygen atoms in total. The van der Waals surface area contributed by atoms with Crippen molar-refractivity contribution >= 4 is 11.8 Å². The van der Waals surface area contributed by atoms with Crippen LogP contribution in [0.2, 0.25) is 0 Å². The number of esters is 1. The molecule has 30 heavy (non-hydrogen) atoms. The highest BCUT2D eigenvalue weighted by Crippen LogP contribution is 2.29. The van der Waals surface area contributed by atoms with E-state index in [4.69, 9.17) is 10.5 Å². The maximum Gasteiger partial charge on any atom is 0.302 e. The SMILES string of the molecule is CCOC(C)=O.Nc1ncc(-c2ccc(O)cc2)cc1OCc1c(F)cccc1F. The molecule has 0 atom stereocenters. The maximum atomic E-state index is 13.6. The highest BCUT2D eigenvalue weighted by molar-refractivity contribution is 5.67. The standard InChI is InChI=1S/C18H14F2N2O2.C4H8O2/c19-15-2-1-3-16(20)14(15)10-24-17-8-12(9-22-18(17)21)11-4-6-13(23)7-5-11;1-3-6-4(2)5/h1-9,23H,10H2,(H2,21,22);3H2,1-2H3. The van der Waals surface area contributed by atoms with Crippen LogP contribution in [0.15, 0.2) is 54.7 Å². The molecular weight excluding hydrogens is 394 g/mol. The first kappa shape index (κ1) is 22.6. The normalized spacial score (nSPS) is 10.0. The van der Waals surface area contributed by atoms with E-state index in [-0.39, 0.29) is 35.5 Å². The molecule has 0 radical (unpaired) electrons. The molecule has 0 unspecified atom stereocenters. The Bertz CT molecular complexity index is 975. The van der Waals surface area contributed by atoms with Gasteiger partial charge < -0.3 is 20.3 Å². The first-order chi connectivity index (χ1) is 14.3. The molecule has 0 saturated heterocycles. The van der Waals surface area contributed by atoms with Crippen molar-refractivity contribution in [3.63, 3.8) is 0 Å². The fraction of sp³-hybridized carbons (Fsp3) is 0.182. The number of hydrogen-bond acceptors (Lipinski definition) is 6. The number of nitrogens with zero attached hydrogens (tertiary/aromatic N) is 1. The van der Waals surface area contributed by atoms with Gasteiger partial charge in [-0.05, 0) is 42.8 Å². The van der Waals surface area contributed by atoms with Gasteiger partial charge in [0.05, 0.1) is 12.2 Å². The highest BCUT2D eigenvalue weighted by Gasteiger charge is 2.11. The van der Waals surface area contributed by atoms with Crippen LogP contribution >= 0.6 is 0 Å². The van der Waals surface area contributed by atoms with E-state index in [0.717, 1.165) is 17.7 Å². The van der Waals surface area contributed by atoms with Crippen LogP contribution in [0.25, 0.3) is 11.1 Å². The van der Waals surface area contributed by atoms with Gasteiger partial charge in [-0.25, -0.2) is 13.8 Å². The molecule has 0 amide bonds. The molecule has 3 rings (SSSR count). The van der Waals surface area contributed by atoms with E-state index in [1.165, 1.54) is 13.0 Å². The summed E-state index contributed by atoms with van der Waals surface area (Å²) in [4.78, 5) is 13.9. The van der Waals surface area contributed by atoms with Crippen LogP contribution in [0.5, 0.6) is 11.5 Å². The van der Waals surface area contributed by atoms with Crippen molar-refractivity contribution in [1.29, 1.82) is 0 Å². The van der Waals surface area contributed by atoms with Gasteiger partial charge in [0.1, 0.15) is 24.0 Å². The van der Waals surface area contributed by atoms with Crippen molar-refractivity contribution in [2.24, 2.45) is 0 Å². The number of aromatic nitrogens is 1. The van der Waals surface area contributed by atoms with Gasteiger partial charge in [-0.15, -0.1) is 0 Å². The summed E-state index contributed by atoms with van der Waals surface area (Å²) in [7, 11) is 0. The van der Waals surface area contributed by atoms with E-state index >= 15 is 0 Å². The lowest BCUT2D eigenvalue weighted by Crippen LogP contribution is -2.04. The Balaban J connectivity index is 0.000000469. The van der Waals surface area contributed by atoms with Crippen molar-refractivity contribution in [2.45, 2.75) is 20.5 Å². The molecule has 8 heteroatoms. The van der Waals surface area contributed by atoms with Gasteiger partial charge in [0.15, 0.2) is 11.6 Å². The topological polar surface area (TPSA) is 94.7 Å². The van der Waals surface area contributed by atoms with Crippen LogP contribution in [0.3, 0.4) is 0 Å². The van der Waals surface area contributed by atoms with Gasteiger partial charge in [0, 0.05) is 18.7 Å². The van der Waals surface area contributed by atoms with E-state index in [0.29, 0.717) is 12.2 Å². The van der Waals surface area contributed by atoms with Gasteiger partial charge >= 0.3 is 5.97 Å². The zero-order valence-corrected chi connectivity index (χ0v) is 16.6. The van der Waals surface area contributed by atoms with Crippen molar-refractivity contribution in [3.05, 3.63) is 71.9 Å². The molecule has 1 heterocycles. The second-order valence-electron chi connectivity index (χ2n) is 6.07. The highest BCUT2D eigenvalue weighted by atomic mass is 19.1. The summed E-state index contributed by atoms with van der Waals surface area (Å²) in [5, 5.41) is 9.33. The van der Waals surface area contributed by atoms with Crippen molar-refractivity contribution in [3.8, 4) is 22.6 Å². The monoisotopic (exact) mass is 416 g/mol. The lowest BCUT2D eigenvalue weighted by molar-refractivity contribution is -0.140. The molecule has 0 aliphatic carbocycles. The van der Waals surface area contributed by atoms with E-state index < -0.39 is 11.6 Å². The van der Waals surface area contributed by atoms with E-state index in [2.05, 4.69) is 9.72 Å². The Morgan fingerprint density at radius 3 is 2.27 bits per heavy atom. The van der Waals surface area contributed by atoms with Crippen LogP contribution in [0.4, 0.5) is 14.6 Å². The van der Waals surface area contributed by atoms with Crippen LogP contribution in [-0.2, 0) is 16.1 Å². The number of anilines is 1. The third-order valence-corrected chi connectivity index (χ3v) is 3.86. The minimum absolute atomic E-state index is 0.120. The van der Waals surface area contributed by atoms with Gasteiger partial charge in [-0.1, -0.05) is 18.2 Å². The van der Waals surface area contributed by atoms with Crippen LogP contribution in [0, 0.1) is 11.6 Å². The summed E-state index contributed by atoms with van der Waals surface area (Å²) < 4.78 is 37.1. The molecule has 3 aromatic rings. The molecule has 0 spiro atoms. The lowest BCUT2D eigenvalue weighted by Gasteiger charge is -2.11. The van der Waals surface area contributed by atoms with Crippen LogP contribution in [-0.4, -0.2) is 22.7 Å². The molecule has 0 aliphatic heterocycles.